The summed E-state index contributed by atoms with van der Waals surface area (Å²) in [4.78, 5) is 9.50. The van der Waals surface area contributed by atoms with E-state index in [1.807, 2.05) is 24.4 Å². The van der Waals surface area contributed by atoms with Crippen LogP contribution in [0.5, 0.6) is 17.2 Å². The summed E-state index contributed by atoms with van der Waals surface area (Å²) in [5, 5.41) is 4.64. The number of thiophene rings is 1. The molecule has 2 aromatic heterocycles. The van der Waals surface area contributed by atoms with E-state index in [0.29, 0.717) is 17.2 Å². The predicted molar refractivity (Wildman–Crippen MR) is 129 cm³/mol. The van der Waals surface area contributed by atoms with Crippen LogP contribution in [0.4, 0.5) is 11.4 Å². The fourth-order valence-corrected chi connectivity index (χ4v) is 5.05. The number of methoxy groups -OCH3 is 3. The Morgan fingerprint density at radius 2 is 1.78 bits per heavy atom. The molecule has 1 aliphatic rings. The lowest BCUT2D eigenvalue weighted by molar-refractivity contribution is 0.0372. The molecule has 4 rings (SSSR count). The molecule has 0 amide bonds. The highest BCUT2D eigenvalue weighted by Crippen LogP contribution is 2.41. The summed E-state index contributed by atoms with van der Waals surface area (Å²) in [5.41, 5.74) is 1.88. The van der Waals surface area contributed by atoms with E-state index in [-0.39, 0.29) is 0 Å². The molecule has 172 valence electrons. The summed E-state index contributed by atoms with van der Waals surface area (Å²) in [5.74, 6) is 1.81. The maximum Gasteiger partial charge on any atom is 0.203 e. The first-order valence-electron chi connectivity index (χ1n) is 11.0. The van der Waals surface area contributed by atoms with Crippen molar-refractivity contribution in [2.45, 2.75) is 19.3 Å². The Morgan fingerprint density at radius 1 is 1.03 bits per heavy atom. The molecule has 0 radical (unpaired) electrons. The van der Waals surface area contributed by atoms with Crippen LogP contribution < -0.4 is 19.5 Å². The van der Waals surface area contributed by atoms with Crippen LogP contribution in [0, 0.1) is 0 Å². The van der Waals surface area contributed by atoms with Gasteiger partial charge < -0.3 is 24.3 Å². The maximum absolute atomic E-state index is 5.48. The number of nitrogens with zero attached hydrogens (tertiary/aromatic N) is 2. The molecule has 0 bridgehead atoms. The molecule has 1 saturated heterocycles. The molecule has 0 saturated carbocycles. The molecular formula is C24H31N3O4S. The van der Waals surface area contributed by atoms with Crippen molar-refractivity contribution in [1.29, 1.82) is 0 Å². The third-order valence-corrected chi connectivity index (χ3v) is 6.78. The summed E-state index contributed by atoms with van der Waals surface area (Å²) >= 11 is 1.78. The molecule has 1 N–H and O–H groups in total. The number of rotatable bonds is 10. The van der Waals surface area contributed by atoms with Gasteiger partial charge >= 0.3 is 0 Å². The number of aryl methyl sites for hydroxylation is 1. The fraction of sp³-hybridized carbons (Fsp3) is 0.458. The van der Waals surface area contributed by atoms with Gasteiger partial charge in [-0.25, -0.2) is 4.98 Å². The van der Waals surface area contributed by atoms with Gasteiger partial charge in [0.2, 0.25) is 5.75 Å². The highest BCUT2D eigenvalue weighted by Gasteiger charge is 2.15. The number of nitrogens with one attached hydrogen (secondary N) is 1. The van der Waals surface area contributed by atoms with Crippen molar-refractivity contribution in [3.63, 3.8) is 0 Å². The summed E-state index contributed by atoms with van der Waals surface area (Å²) in [6, 6.07) is 8.08. The first-order chi connectivity index (χ1) is 15.7. The van der Waals surface area contributed by atoms with Crippen LogP contribution in [-0.4, -0.2) is 64.1 Å². The molecule has 0 atom stereocenters. The second-order valence-corrected chi connectivity index (χ2v) is 8.86. The number of hydrogen-bond donors (Lipinski definition) is 1. The number of benzene rings is 1. The molecule has 1 aromatic carbocycles. The van der Waals surface area contributed by atoms with Gasteiger partial charge in [0, 0.05) is 47.4 Å². The summed E-state index contributed by atoms with van der Waals surface area (Å²) < 4.78 is 21.8. The predicted octanol–water partition coefficient (Wildman–Crippen LogP) is 4.72. The van der Waals surface area contributed by atoms with Crippen LogP contribution in [0.2, 0.25) is 0 Å². The first-order valence-corrected chi connectivity index (χ1v) is 11.8. The Balaban J connectivity index is 1.45. The number of fused-ring (bicyclic) bond motifs is 1. The van der Waals surface area contributed by atoms with Crippen molar-refractivity contribution in [1.82, 2.24) is 9.88 Å². The van der Waals surface area contributed by atoms with Crippen LogP contribution in [0.15, 0.2) is 30.5 Å². The molecule has 1 fully saturated rings. The summed E-state index contributed by atoms with van der Waals surface area (Å²) in [6.45, 7) is 5.00. The second-order valence-electron chi connectivity index (χ2n) is 7.74. The van der Waals surface area contributed by atoms with Crippen LogP contribution in [0.1, 0.15) is 17.7 Å². The Labute approximate surface area is 193 Å². The van der Waals surface area contributed by atoms with Gasteiger partial charge in [-0.05, 0) is 37.9 Å². The molecule has 3 heterocycles. The fourth-order valence-electron chi connectivity index (χ4n) is 3.99. The monoisotopic (exact) mass is 457 g/mol. The number of aromatic nitrogens is 1. The van der Waals surface area contributed by atoms with Gasteiger partial charge in [0.25, 0.3) is 0 Å². The van der Waals surface area contributed by atoms with Crippen molar-refractivity contribution in [3.05, 3.63) is 35.3 Å². The topological polar surface area (TPSA) is 65.1 Å². The van der Waals surface area contributed by atoms with Gasteiger partial charge in [-0.2, -0.15) is 0 Å². The van der Waals surface area contributed by atoms with E-state index in [9.17, 15) is 0 Å². The third kappa shape index (κ3) is 5.26. The van der Waals surface area contributed by atoms with Gasteiger partial charge in [0.1, 0.15) is 4.83 Å². The lowest BCUT2D eigenvalue weighted by Gasteiger charge is -2.26. The SMILES string of the molecule is COc1cc(Nc2ccnc3sc(CCCCN4CCOCC4)cc23)cc(OC)c1OC. The molecule has 0 unspecified atom stereocenters. The van der Waals surface area contributed by atoms with E-state index >= 15 is 0 Å². The molecule has 8 heteroatoms. The van der Waals surface area contributed by atoms with E-state index in [0.717, 1.165) is 60.9 Å². The molecule has 1 aliphatic heterocycles. The zero-order valence-electron chi connectivity index (χ0n) is 19.0. The minimum absolute atomic E-state index is 0.579. The van der Waals surface area contributed by atoms with Crippen molar-refractivity contribution >= 4 is 32.9 Å². The van der Waals surface area contributed by atoms with Gasteiger partial charge in [-0.3, -0.25) is 4.90 Å². The average Bonchev–Trinajstić information content (AvgIpc) is 3.26. The molecule has 3 aromatic rings. The highest BCUT2D eigenvalue weighted by molar-refractivity contribution is 7.18. The molecule has 7 nitrogen and oxygen atoms in total. The Morgan fingerprint density at radius 3 is 2.47 bits per heavy atom. The average molecular weight is 458 g/mol. The van der Waals surface area contributed by atoms with E-state index in [4.69, 9.17) is 18.9 Å². The molecule has 0 spiro atoms. The summed E-state index contributed by atoms with van der Waals surface area (Å²) in [7, 11) is 4.85. The normalized spacial score (nSPS) is 14.5. The van der Waals surface area contributed by atoms with E-state index < -0.39 is 0 Å². The highest BCUT2D eigenvalue weighted by atomic mass is 32.1. The quantitative estimate of drug-likeness (QED) is 0.442. The molecule has 32 heavy (non-hydrogen) atoms. The minimum Gasteiger partial charge on any atom is -0.493 e. The Bertz CT molecular complexity index is 1010. The largest absolute Gasteiger partial charge is 0.493 e. The van der Waals surface area contributed by atoms with Crippen LogP contribution >= 0.6 is 11.3 Å². The van der Waals surface area contributed by atoms with Crippen molar-refractivity contribution < 1.29 is 18.9 Å². The lowest BCUT2D eigenvalue weighted by atomic mass is 10.1. The minimum atomic E-state index is 0.579. The number of anilines is 2. The van der Waals surface area contributed by atoms with Crippen LogP contribution in [-0.2, 0) is 11.2 Å². The number of morpholine rings is 1. The smallest absolute Gasteiger partial charge is 0.203 e. The van der Waals surface area contributed by atoms with Gasteiger partial charge in [0.05, 0.1) is 40.2 Å². The number of unbranched alkanes of at least 4 members (excludes halogenated alkanes) is 1. The number of ether oxygens (including phenoxy) is 4. The summed E-state index contributed by atoms with van der Waals surface area (Å²) in [6.07, 6.45) is 5.31. The van der Waals surface area contributed by atoms with Crippen molar-refractivity contribution in [2.75, 3.05) is 59.5 Å². The Hall–Kier alpha value is -2.55. The third-order valence-electron chi connectivity index (χ3n) is 5.68. The first kappa shape index (κ1) is 22.6. The number of pyridine rings is 1. The molecular weight excluding hydrogens is 426 g/mol. The van der Waals surface area contributed by atoms with E-state index in [2.05, 4.69) is 21.3 Å². The standard InChI is InChI=1S/C24H31N3O4S/c1-28-21-14-17(15-22(29-2)23(21)30-3)26-20-7-8-25-24-19(20)16-18(32-24)6-4-5-9-27-10-12-31-13-11-27/h7-8,14-16H,4-6,9-13H2,1-3H3,(H,25,26). The van der Waals surface area contributed by atoms with Crippen molar-refractivity contribution in [3.8, 4) is 17.2 Å². The van der Waals surface area contributed by atoms with E-state index in [1.54, 1.807) is 32.7 Å². The zero-order valence-corrected chi connectivity index (χ0v) is 19.8. The maximum atomic E-state index is 5.48. The van der Waals surface area contributed by atoms with Crippen molar-refractivity contribution in [2.24, 2.45) is 0 Å². The number of hydrogen-bond acceptors (Lipinski definition) is 8. The zero-order chi connectivity index (χ0) is 22.3. The Kier molecular flexibility index (Phi) is 7.68. The van der Waals surface area contributed by atoms with Gasteiger partial charge in [-0.15, -0.1) is 11.3 Å². The van der Waals surface area contributed by atoms with Gasteiger partial charge in [0.15, 0.2) is 11.5 Å². The van der Waals surface area contributed by atoms with Crippen LogP contribution in [0.25, 0.3) is 10.2 Å². The molecule has 0 aliphatic carbocycles. The van der Waals surface area contributed by atoms with E-state index in [1.165, 1.54) is 17.7 Å². The van der Waals surface area contributed by atoms with Gasteiger partial charge in [-0.1, -0.05) is 0 Å². The lowest BCUT2D eigenvalue weighted by Crippen LogP contribution is -2.36. The van der Waals surface area contributed by atoms with Crippen LogP contribution in [0.3, 0.4) is 0 Å². The second kappa shape index (κ2) is 10.8.